The molecule has 0 aliphatic heterocycles. The van der Waals surface area contributed by atoms with Crippen molar-refractivity contribution in [2.24, 2.45) is 5.92 Å². The summed E-state index contributed by atoms with van der Waals surface area (Å²) in [6.07, 6.45) is 2.94. The molecule has 166 valence electrons. The van der Waals surface area contributed by atoms with Gasteiger partial charge in [-0.05, 0) is 44.9 Å². The zero-order chi connectivity index (χ0) is 22.8. The summed E-state index contributed by atoms with van der Waals surface area (Å²) in [5, 5.41) is 19.0. The average Bonchev–Trinajstić information content (AvgIpc) is 3.00. The summed E-state index contributed by atoms with van der Waals surface area (Å²) in [5.74, 6) is 0.626. The number of aliphatic hydroxyl groups is 1. The Balaban J connectivity index is 1.70. The third-order valence-corrected chi connectivity index (χ3v) is 4.76. The van der Waals surface area contributed by atoms with Crippen LogP contribution < -0.4 is 16.0 Å². The number of hydrogen-bond donors (Lipinski definition) is 4. The molecule has 8 nitrogen and oxygen atoms in total. The Morgan fingerprint density at radius 3 is 2.55 bits per heavy atom. The number of fused-ring (bicyclic) bond motifs is 1. The standard InChI is InChI=1S/C22H28FN5O3/c1-12(2)18(19-13(3)16-8-14(23)6-7-17(16)31-19)28-21(29)27-15-9-24-20(25-10-15)26-11-22(4,5)30/h6-10,12,18,30H,11H2,1-5H3,(H,24,25,26)(H2,27,28,29)/t18-/m0/s1. The number of amides is 2. The Morgan fingerprint density at radius 2 is 1.94 bits per heavy atom. The number of carbonyl (C=O) groups excluding carboxylic acids is 1. The molecule has 31 heavy (non-hydrogen) atoms. The van der Waals surface area contributed by atoms with Crippen molar-refractivity contribution in [3.05, 3.63) is 47.7 Å². The number of nitrogens with zero attached hydrogens (tertiary/aromatic N) is 2. The number of benzene rings is 1. The highest BCUT2D eigenvalue weighted by atomic mass is 19.1. The van der Waals surface area contributed by atoms with Crippen molar-refractivity contribution in [1.29, 1.82) is 0 Å². The molecular formula is C22H28FN5O3. The number of carbonyl (C=O) groups is 1. The molecule has 0 fully saturated rings. The topological polar surface area (TPSA) is 112 Å². The molecule has 9 heteroatoms. The lowest BCUT2D eigenvalue weighted by atomic mass is 9.98. The lowest BCUT2D eigenvalue weighted by Gasteiger charge is -2.21. The number of anilines is 2. The van der Waals surface area contributed by atoms with Gasteiger partial charge in [-0.15, -0.1) is 0 Å². The van der Waals surface area contributed by atoms with Gasteiger partial charge in [-0.2, -0.15) is 0 Å². The molecule has 0 bridgehead atoms. The van der Waals surface area contributed by atoms with E-state index in [1.54, 1.807) is 19.9 Å². The van der Waals surface area contributed by atoms with E-state index in [1.807, 2.05) is 20.8 Å². The van der Waals surface area contributed by atoms with Gasteiger partial charge in [-0.3, -0.25) is 0 Å². The Bertz CT molecular complexity index is 1060. The fourth-order valence-corrected chi connectivity index (χ4v) is 3.13. The Labute approximate surface area is 180 Å². The van der Waals surface area contributed by atoms with Gasteiger partial charge in [0.05, 0.1) is 29.7 Å². The Kier molecular flexibility index (Phi) is 6.45. The van der Waals surface area contributed by atoms with Crippen molar-refractivity contribution in [3.8, 4) is 0 Å². The predicted octanol–water partition coefficient (Wildman–Crippen LogP) is 4.37. The number of aryl methyl sites for hydroxylation is 1. The van der Waals surface area contributed by atoms with Crippen LogP contribution in [0.5, 0.6) is 0 Å². The first kappa shape index (κ1) is 22.5. The van der Waals surface area contributed by atoms with E-state index in [-0.39, 0.29) is 18.3 Å². The molecule has 3 rings (SSSR count). The number of halogens is 1. The normalized spacial score (nSPS) is 12.8. The maximum Gasteiger partial charge on any atom is 0.319 e. The molecule has 2 heterocycles. The summed E-state index contributed by atoms with van der Waals surface area (Å²) in [6.45, 7) is 9.41. The number of urea groups is 1. The largest absolute Gasteiger partial charge is 0.459 e. The molecular weight excluding hydrogens is 401 g/mol. The molecule has 1 atom stereocenters. The summed E-state index contributed by atoms with van der Waals surface area (Å²) in [5.41, 5.74) is 0.882. The van der Waals surface area contributed by atoms with Gasteiger partial charge in [0.25, 0.3) is 0 Å². The van der Waals surface area contributed by atoms with Gasteiger partial charge in [0.1, 0.15) is 17.2 Å². The third kappa shape index (κ3) is 5.69. The highest BCUT2D eigenvalue weighted by molar-refractivity contribution is 5.89. The number of nitrogens with one attached hydrogen (secondary N) is 3. The molecule has 1 aromatic carbocycles. The van der Waals surface area contributed by atoms with Crippen LogP contribution in [0.4, 0.5) is 20.8 Å². The zero-order valence-electron chi connectivity index (χ0n) is 18.3. The second-order valence-electron chi connectivity index (χ2n) is 8.51. The maximum atomic E-state index is 13.6. The van der Waals surface area contributed by atoms with Gasteiger partial charge in [0.2, 0.25) is 5.95 Å². The van der Waals surface area contributed by atoms with Crippen molar-refractivity contribution in [2.45, 2.75) is 46.3 Å². The van der Waals surface area contributed by atoms with Gasteiger partial charge < -0.3 is 25.5 Å². The lowest BCUT2D eigenvalue weighted by Crippen LogP contribution is -2.35. The highest BCUT2D eigenvalue weighted by Crippen LogP contribution is 2.33. The molecule has 0 aliphatic carbocycles. The maximum absolute atomic E-state index is 13.6. The summed E-state index contributed by atoms with van der Waals surface area (Å²) < 4.78 is 19.6. The molecule has 0 aliphatic rings. The SMILES string of the molecule is Cc1c([C@@H](NC(=O)Nc2cnc(NCC(C)(C)O)nc2)C(C)C)oc2ccc(F)cc12. The van der Waals surface area contributed by atoms with Crippen LogP contribution in [0.2, 0.25) is 0 Å². The third-order valence-electron chi connectivity index (χ3n) is 4.76. The molecule has 2 aromatic heterocycles. The second kappa shape index (κ2) is 8.89. The first-order valence-electron chi connectivity index (χ1n) is 10.1. The zero-order valence-corrected chi connectivity index (χ0v) is 18.3. The molecule has 0 spiro atoms. The van der Waals surface area contributed by atoms with Gasteiger partial charge >= 0.3 is 6.03 Å². The van der Waals surface area contributed by atoms with Crippen molar-refractivity contribution in [1.82, 2.24) is 15.3 Å². The molecule has 0 unspecified atom stereocenters. The molecule has 0 radical (unpaired) electrons. The van der Waals surface area contributed by atoms with E-state index in [4.69, 9.17) is 4.42 Å². The first-order valence-corrected chi connectivity index (χ1v) is 10.1. The fraction of sp³-hybridized carbons (Fsp3) is 0.409. The number of aromatic nitrogens is 2. The molecule has 3 aromatic rings. The average molecular weight is 429 g/mol. The van der Waals surface area contributed by atoms with Crippen LogP contribution in [-0.4, -0.2) is 33.3 Å². The van der Waals surface area contributed by atoms with Gasteiger partial charge in [0.15, 0.2) is 0 Å². The van der Waals surface area contributed by atoms with Crippen LogP contribution in [0.15, 0.2) is 35.0 Å². The van der Waals surface area contributed by atoms with Crippen LogP contribution in [0, 0.1) is 18.7 Å². The van der Waals surface area contributed by atoms with Crippen LogP contribution >= 0.6 is 0 Å². The van der Waals surface area contributed by atoms with E-state index in [2.05, 4.69) is 25.9 Å². The summed E-state index contributed by atoms with van der Waals surface area (Å²) in [4.78, 5) is 20.9. The minimum absolute atomic E-state index is 0.0273. The minimum Gasteiger partial charge on any atom is -0.459 e. The minimum atomic E-state index is -0.896. The van der Waals surface area contributed by atoms with E-state index < -0.39 is 17.7 Å². The van der Waals surface area contributed by atoms with Crippen molar-refractivity contribution in [2.75, 3.05) is 17.2 Å². The number of hydrogen-bond acceptors (Lipinski definition) is 6. The monoisotopic (exact) mass is 429 g/mol. The molecule has 4 N–H and O–H groups in total. The predicted molar refractivity (Wildman–Crippen MR) is 117 cm³/mol. The second-order valence-corrected chi connectivity index (χ2v) is 8.51. The summed E-state index contributed by atoms with van der Waals surface area (Å²) >= 11 is 0. The quantitative estimate of drug-likeness (QED) is 0.444. The van der Waals surface area contributed by atoms with Gasteiger partial charge in [-0.1, -0.05) is 13.8 Å². The van der Waals surface area contributed by atoms with E-state index in [1.165, 1.54) is 24.5 Å². The van der Waals surface area contributed by atoms with E-state index in [0.29, 0.717) is 28.4 Å². The van der Waals surface area contributed by atoms with Crippen molar-refractivity contribution < 1.29 is 18.7 Å². The molecule has 2 amide bonds. The van der Waals surface area contributed by atoms with Crippen LogP contribution in [-0.2, 0) is 0 Å². The number of rotatable bonds is 7. The lowest BCUT2D eigenvalue weighted by molar-refractivity contribution is 0.0943. The van der Waals surface area contributed by atoms with E-state index >= 15 is 0 Å². The van der Waals surface area contributed by atoms with Crippen LogP contribution in [0.25, 0.3) is 11.0 Å². The van der Waals surface area contributed by atoms with Gasteiger partial charge in [-0.25, -0.2) is 19.2 Å². The summed E-state index contributed by atoms with van der Waals surface area (Å²) in [7, 11) is 0. The molecule has 0 saturated carbocycles. The van der Waals surface area contributed by atoms with Crippen molar-refractivity contribution >= 4 is 28.6 Å². The van der Waals surface area contributed by atoms with Crippen molar-refractivity contribution in [3.63, 3.8) is 0 Å². The molecule has 0 saturated heterocycles. The smallest absolute Gasteiger partial charge is 0.319 e. The highest BCUT2D eigenvalue weighted by Gasteiger charge is 2.25. The van der Waals surface area contributed by atoms with Crippen LogP contribution in [0.1, 0.15) is 45.1 Å². The Morgan fingerprint density at radius 1 is 1.26 bits per heavy atom. The van der Waals surface area contributed by atoms with Crippen LogP contribution in [0.3, 0.4) is 0 Å². The number of furan rings is 1. The summed E-state index contributed by atoms with van der Waals surface area (Å²) in [6, 6.07) is 3.51. The van der Waals surface area contributed by atoms with E-state index in [0.717, 1.165) is 5.56 Å². The first-order chi connectivity index (χ1) is 14.5. The Hall–Kier alpha value is -3.20. The van der Waals surface area contributed by atoms with E-state index in [9.17, 15) is 14.3 Å². The van der Waals surface area contributed by atoms with Gasteiger partial charge in [0, 0.05) is 17.5 Å². The fourth-order valence-electron chi connectivity index (χ4n) is 3.13.